The van der Waals surface area contributed by atoms with Gasteiger partial charge in [0.15, 0.2) is 5.96 Å². The van der Waals surface area contributed by atoms with Crippen LogP contribution in [0.2, 0.25) is 0 Å². The Morgan fingerprint density at radius 2 is 2.03 bits per heavy atom. The number of thiazole rings is 1. The average molecular weight is 526 g/mol. The normalized spacial score (nSPS) is 13.4. The number of guanidine groups is 1. The van der Waals surface area contributed by atoms with Crippen LogP contribution in [0.25, 0.3) is 11.3 Å². The van der Waals surface area contributed by atoms with Crippen LogP contribution >= 0.6 is 35.3 Å². The topological polar surface area (TPSA) is 87.4 Å². The maximum atomic E-state index is 10.7. The van der Waals surface area contributed by atoms with Crippen molar-refractivity contribution < 1.29 is 5.11 Å². The summed E-state index contributed by atoms with van der Waals surface area (Å²) in [6.07, 6.45) is 3.48. The second-order valence-corrected chi connectivity index (χ2v) is 7.66. The summed E-state index contributed by atoms with van der Waals surface area (Å²) in [6.45, 7) is 5.29. The summed E-state index contributed by atoms with van der Waals surface area (Å²) >= 11 is 1.59. The van der Waals surface area contributed by atoms with Gasteiger partial charge in [-0.15, -0.1) is 35.3 Å². The Bertz CT molecular complexity index is 922. The molecule has 0 aliphatic carbocycles. The first-order valence-corrected chi connectivity index (χ1v) is 10.1. The second-order valence-electron chi connectivity index (χ2n) is 6.72. The Hall–Kier alpha value is -1.98. The van der Waals surface area contributed by atoms with Gasteiger partial charge in [0, 0.05) is 36.3 Å². The molecule has 1 atom stereocenters. The molecule has 3 rings (SSSR count). The first-order valence-electron chi connectivity index (χ1n) is 9.21. The molecule has 3 aromatic rings. The van der Waals surface area contributed by atoms with Crippen molar-refractivity contribution >= 4 is 41.3 Å². The van der Waals surface area contributed by atoms with Crippen LogP contribution < -0.4 is 10.6 Å². The predicted molar refractivity (Wildman–Crippen MR) is 129 cm³/mol. The lowest BCUT2D eigenvalue weighted by Gasteiger charge is -2.23. The zero-order chi connectivity index (χ0) is 20.0. The van der Waals surface area contributed by atoms with Crippen molar-refractivity contribution in [2.75, 3.05) is 13.1 Å². The number of hydrogen-bond acceptors (Lipinski definition) is 5. The van der Waals surface area contributed by atoms with Gasteiger partial charge in [0.2, 0.25) is 0 Å². The van der Waals surface area contributed by atoms with Crippen molar-refractivity contribution in [2.45, 2.75) is 26.0 Å². The van der Waals surface area contributed by atoms with Crippen LogP contribution in [-0.4, -0.2) is 38.9 Å². The molecule has 0 bridgehead atoms. The third-order valence-corrected chi connectivity index (χ3v) is 5.10. The van der Waals surface area contributed by atoms with Crippen molar-refractivity contribution in [1.82, 2.24) is 25.4 Å². The summed E-state index contributed by atoms with van der Waals surface area (Å²) in [5.74, 6) is 0.642. The molecule has 9 heteroatoms. The van der Waals surface area contributed by atoms with Gasteiger partial charge >= 0.3 is 0 Å². The Balaban J connectivity index is 0.00000300. The molecular weight excluding hydrogens is 499 g/mol. The number of nitrogens with one attached hydrogen (secondary N) is 2. The highest BCUT2D eigenvalue weighted by molar-refractivity contribution is 14.0. The monoisotopic (exact) mass is 526 g/mol. The van der Waals surface area contributed by atoms with E-state index in [1.165, 1.54) is 0 Å². The van der Waals surface area contributed by atoms with Gasteiger partial charge in [-0.3, -0.25) is 4.68 Å². The fourth-order valence-corrected chi connectivity index (χ4v) is 3.40. The zero-order valence-corrected chi connectivity index (χ0v) is 19.9. The maximum absolute atomic E-state index is 10.7. The fourth-order valence-electron chi connectivity index (χ4n) is 2.67. The molecule has 0 aliphatic rings. The molecule has 1 unspecified atom stereocenters. The summed E-state index contributed by atoms with van der Waals surface area (Å²) in [4.78, 5) is 9.27. The fraction of sp³-hybridized carbons (Fsp3) is 0.350. The molecule has 0 fully saturated rings. The summed E-state index contributed by atoms with van der Waals surface area (Å²) < 4.78 is 1.68. The highest BCUT2D eigenvalue weighted by Crippen LogP contribution is 2.22. The SMILES string of the molecule is CCNC(=NCc1nc(-c2ccccc2)cs1)NCC(C)(O)c1cnn(C)c1.I. The summed E-state index contributed by atoms with van der Waals surface area (Å²) in [6, 6.07) is 10.1. The Kier molecular flexibility index (Phi) is 8.60. The van der Waals surface area contributed by atoms with Gasteiger partial charge in [-0.25, -0.2) is 9.98 Å². The quantitative estimate of drug-likeness (QED) is 0.250. The van der Waals surface area contributed by atoms with Crippen LogP contribution in [-0.2, 0) is 19.2 Å². The molecule has 7 nitrogen and oxygen atoms in total. The standard InChI is InChI=1S/C20H26N6OS.HI/c1-4-21-19(23-14-20(2,27)16-10-24-26(3)12-16)22-11-18-25-17(13-28-18)15-8-6-5-7-9-15;/h5-10,12-13,27H,4,11,14H2,1-3H3,(H2,21,22,23);1H. The van der Waals surface area contributed by atoms with E-state index in [1.807, 2.05) is 55.9 Å². The minimum Gasteiger partial charge on any atom is -0.383 e. The minimum atomic E-state index is -1.05. The van der Waals surface area contributed by atoms with Crippen LogP contribution in [0.5, 0.6) is 0 Å². The molecule has 0 saturated heterocycles. The first-order chi connectivity index (χ1) is 13.5. The number of hydrogen-bond donors (Lipinski definition) is 3. The number of aliphatic hydroxyl groups is 1. The van der Waals surface area contributed by atoms with Crippen LogP contribution in [0.4, 0.5) is 0 Å². The number of aromatic nitrogens is 3. The lowest BCUT2D eigenvalue weighted by atomic mass is 10.00. The minimum absolute atomic E-state index is 0. The Morgan fingerprint density at radius 1 is 1.28 bits per heavy atom. The highest BCUT2D eigenvalue weighted by atomic mass is 127. The number of nitrogens with zero attached hydrogens (tertiary/aromatic N) is 4. The number of aliphatic imine (C=N–C) groups is 1. The van der Waals surface area contributed by atoms with Crippen molar-refractivity contribution in [3.8, 4) is 11.3 Å². The molecule has 1 aromatic carbocycles. The van der Waals surface area contributed by atoms with Crippen molar-refractivity contribution in [1.29, 1.82) is 0 Å². The van der Waals surface area contributed by atoms with Gasteiger partial charge in [-0.05, 0) is 13.8 Å². The largest absolute Gasteiger partial charge is 0.383 e. The Morgan fingerprint density at radius 3 is 2.69 bits per heavy atom. The van der Waals surface area contributed by atoms with Crippen molar-refractivity contribution in [3.05, 3.63) is 58.7 Å². The van der Waals surface area contributed by atoms with E-state index in [0.29, 0.717) is 19.0 Å². The second kappa shape index (κ2) is 10.7. The maximum Gasteiger partial charge on any atom is 0.191 e. The third-order valence-electron chi connectivity index (χ3n) is 4.26. The molecule has 0 aliphatic heterocycles. The van der Waals surface area contributed by atoms with E-state index in [0.717, 1.165) is 28.4 Å². The van der Waals surface area contributed by atoms with E-state index in [-0.39, 0.29) is 24.0 Å². The molecule has 156 valence electrons. The Labute approximate surface area is 192 Å². The number of aryl methyl sites for hydroxylation is 1. The van der Waals surface area contributed by atoms with Crippen LogP contribution in [0.3, 0.4) is 0 Å². The molecule has 2 aromatic heterocycles. The molecule has 29 heavy (non-hydrogen) atoms. The van der Waals surface area contributed by atoms with Crippen LogP contribution in [0.15, 0.2) is 53.1 Å². The smallest absolute Gasteiger partial charge is 0.191 e. The van der Waals surface area contributed by atoms with Gasteiger partial charge in [-0.2, -0.15) is 5.10 Å². The van der Waals surface area contributed by atoms with E-state index in [4.69, 9.17) is 0 Å². The van der Waals surface area contributed by atoms with E-state index in [1.54, 1.807) is 29.1 Å². The zero-order valence-electron chi connectivity index (χ0n) is 16.8. The molecular formula is C20H27IN6OS. The van der Waals surface area contributed by atoms with Crippen LogP contribution in [0, 0.1) is 0 Å². The number of rotatable bonds is 7. The molecule has 0 saturated carbocycles. The lowest BCUT2D eigenvalue weighted by molar-refractivity contribution is 0.0616. The van der Waals surface area contributed by atoms with Gasteiger partial charge in [0.25, 0.3) is 0 Å². The first kappa shape index (κ1) is 23.3. The predicted octanol–water partition coefficient (Wildman–Crippen LogP) is 3.12. The average Bonchev–Trinajstić information content (AvgIpc) is 3.34. The number of benzene rings is 1. The number of halogens is 1. The van der Waals surface area contributed by atoms with E-state index < -0.39 is 5.60 Å². The molecule has 0 radical (unpaired) electrons. The molecule has 3 N–H and O–H groups in total. The van der Waals surface area contributed by atoms with Crippen LogP contribution in [0.1, 0.15) is 24.4 Å². The van der Waals surface area contributed by atoms with Crippen molar-refractivity contribution in [3.63, 3.8) is 0 Å². The lowest BCUT2D eigenvalue weighted by Crippen LogP contribution is -2.44. The summed E-state index contributed by atoms with van der Waals surface area (Å²) in [5.41, 5.74) is 1.78. The van der Waals surface area contributed by atoms with E-state index in [9.17, 15) is 5.11 Å². The van der Waals surface area contributed by atoms with E-state index in [2.05, 4.69) is 25.7 Å². The van der Waals surface area contributed by atoms with E-state index >= 15 is 0 Å². The highest BCUT2D eigenvalue weighted by Gasteiger charge is 2.25. The molecule has 2 heterocycles. The van der Waals surface area contributed by atoms with Gasteiger partial charge in [0.1, 0.15) is 10.6 Å². The summed E-state index contributed by atoms with van der Waals surface area (Å²) in [5, 5.41) is 24.2. The summed E-state index contributed by atoms with van der Waals surface area (Å²) in [7, 11) is 1.83. The van der Waals surface area contributed by atoms with Crippen molar-refractivity contribution in [2.24, 2.45) is 12.0 Å². The molecule has 0 amide bonds. The molecule has 0 spiro atoms. The van der Waals surface area contributed by atoms with Gasteiger partial charge in [-0.1, -0.05) is 30.3 Å². The van der Waals surface area contributed by atoms with Gasteiger partial charge < -0.3 is 15.7 Å². The third kappa shape index (κ3) is 6.51. The van der Waals surface area contributed by atoms with Gasteiger partial charge in [0.05, 0.1) is 25.0 Å².